The van der Waals surface area contributed by atoms with Crippen LogP contribution >= 0.6 is 0 Å². The summed E-state index contributed by atoms with van der Waals surface area (Å²) < 4.78 is 0. The Kier molecular flexibility index (Phi) is 5.47. The molecular weight excluding hydrogens is 362 g/mol. The molecule has 1 aliphatic heterocycles. The van der Waals surface area contributed by atoms with Crippen molar-refractivity contribution in [3.63, 3.8) is 0 Å². The molecule has 5 nitrogen and oxygen atoms in total. The zero-order valence-electron chi connectivity index (χ0n) is 16.6. The molecule has 1 aromatic heterocycles. The van der Waals surface area contributed by atoms with E-state index in [-0.39, 0.29) is 11.7 Å². The van der Waals surface area contributed by atoms with Crippen molar-refractivity contribution < 1.29 is 9.90 Å². The number of rotatable bonds is 5. The number of benzene rings is 2. The van der Waals surface area contributed by atoms with Gasteiger partial charge in [0.25, 0.3) is 0 Å². The Bertz CT molecular complexity index is 1010. The van der Waals surface area contributed by atoms with Crippen LogP contribution in [0.3, 0.4) is 0 Å². The summed E-state index contributed by atoms with van der Waals surface area (Å²) in [4.78, 5) is 19.1. The number of pyridine rings is 1. The van der Waals surface area contributed by atoms with Crippen LogP contribution in [0.25, 0.3) is 0 Å². The molecule has 0 fully saturated rings. The van der Waals surface area contributed by atoms with Gasteiger partial charge in [-0.15, -0.1) is 0 Å². The Hall–Kier alpha value is -3.34. The third-order valence-electron chi connectivity index (χ3n) is 5.27. The number of para-hydroxylation sites is 1. The van der Waals surface area contributed by atoms with Crippen LogP contribution in [0.4, 0.5) is 11.4 Å². The first-order chi connectivity index (χ1) is 14.1. The quantitative estimate of drug-likeness (QED) is 0.688. The molecule has 0 bridgehead atoms. The summed E-state index contributed by atoms with van der Waals surface area (Å²) in [6.07, 6.45) is 2.42. The number of nitrogens with zero attached hydrogens (tertiary/aromatic N) is 2. The average molecular weight is 387 g/mol. The van der Waals surface area contributed by atoms with Crippen molar-refractivity contribution in [2.24, 2.45) is 0 Å². The molecule has 2 N–H and O–H groups in total. The molecule has 0 saturated carbocycles. The largest absolute Gasteiger partial charge is 0.506 e. The molecule has 0 atom stereocenters. The first kappa shape index (κ1) is 19.0. The third kappa shape index (κ3) is 4.40. The standard InChI is InChI=1S/C24H25N3O2/c1-17-8-13-23(28)21(26-17)16-25-20-11-9-18(10-12-20)15-24(29)27-14-4-6-19-5-2-3-7-22(19)27/h2-3,5,7-13,25,28H,4,6,14-16H2,1H3. The number of anilines is 2. The summed E-state index contributed by atoms with van der Waals surface area (Å²) in [5.41, 5.74) is 5.69. The van der Waals surface area contributed by atoms with Crippen LogP contribution in [-0.2, 0) is 24.2 Å². The lowest BCUT2D eigenvalue weighted by Crippen LogP contribution is -2.36. The molecule has 4 rings (SSSR count). The molecule has 0 radical (unpaired) electrons. The Morgan fingerprint density at radius 2 is 1.90 bits per heavy atom. The van der Waals surface area contributed by atoms with Gasteiger partial charge in [0.15, 0.2) is 0 Å². The van der Waals surface area contributed by atoms with Gasteiger partial charge in [-0.25, -0.2) is 0 Å². The van der Waals surface area contributed by atoms with Crippen molar-refractivity contribution in [3.05, 3.63) is 83.2 Å². The molecule has 0 spiro atoms. The molecule has 148 valence electrons. The minimum absolute atomic E-state index is 0.131. The highest BCUT2D eigenvalue weighted by Crippen LogP contribution is 2.27. The molecule has 2 aromatic carbocycles. The van der Waals surface area contributed by atoms with E-state index in [1.54, 1.807) is 12.1 Å². The van der Waals surface area contributed by atoms with E-state index in [1.807, 2.05) is 54.3 Å². The lowest BCUT2D eigenvalue weighted by atomic mass is 10.0. The molecule has 0 unspecified atom stereocenters. The second-order valence-corrected chi connectivity index (χ2v) is 7.42. The molecule has 3 aromatic rings. The van der Waals surface area contributed by atoms with E-state index in [0.29, 0.717) is 18.7 Å². The Balaban J connectivity index is 1.38. The molecular formula is C24H25N3O2. The highest BCUT2D eigenvalue weighted by molar-refractivity contribution is 5.95. The smallest absolute Gasteiger partial charge is 0.231 e. The fourth-order valence-corrected chi connectivity index (χ4v) is 3.72. The van der Waals surface area contributed by atoms with Gasteiger partial charge in [-0.05, 0) is 61.2 Å². The number of hydrogen-bond donors (Lipinski definition) is 2. The summed E-state index contributed by atoms with van der Waals surface area (Å²) in [5.74, 6) is 0.318. The first-order valence-electron chi connectivity index (χ1n) is 9.97. The SMILES string of the molecule is Cc1ccc(O)c(CNc2ccc(CC(=O)N3CCCc4ccccc43)cc2)n1. The molecule has 0 saturated heterocycles. The minimum Gasteiger partial charge on any atom is -0.506 e. The van der Waals surface area contributed by atoms with E-state index >= 15 is 0 Å². The van der Waals surface area contributed by atoms with Crippen molar-refractivity contribution in [2.75, 3.05) is 16.8 Å². The number of hydrogen-bond acceptors (Lipinski definition) is 4. The normalized spacial score (nSPS) is 13.1. The van der Waals surface area contributed by atoms with Crippen molar-refractivity contribution >= 4 is 17.3 Å². The third-order valence-corrected chi connectivity index (χ3v) is 5.27. The number of carbonyl (C=O) groups is 1. The minimum atomic E-state index is 0.131. The number of fused-ring (bicyclic) bond motifs is 1. The number of carbonyl (C=O) groups excluding carboxylic acids is 1. The summed E-state index contributed by atoms with van der Waals surface area (Å²) in [5, 5.41) is 13.2. The highest BCUT2D eigenvalue weighted by atomic mass is 16.3. The van der Waals surface area contributed by atoms with Gasteiger partial charge < -0.3 is 15.3 Å². The van der Waals surface area contributed by atoms with Crippen LogP contribution in [0.5, 0.6) is 5.75 Å². The van der Waals surface area contributed by atoms with Gasteiger partial charge in [0.05, 0.1) is 13.0 Å². The number of aryl methyl sites for hydroxylation is 2. The van der Waals surface area contributed by atoms with Gasteiger partial charge in [-0.3, -0.25) is 9.78 Å². The summed E-state index contributed by atoms with van der Waals surface area (Å²) in [6, 6.07) is 19.5. The zero-order chi connectivity index (χ0) is 20.2. The van der Waals surface area contributed by atoms with Crippen LogP contribution < -0.4 is 10.2 Å². The lowest BCUT2D eigenvalue weighted by molar-refractivity contribution is -0.118. The van der Waals surface area contributed by atoms with Crippen molar-refractivity contribution in [1.82, 2.24) is 4.98 Å². The van der Waals surface area contributed by atoms with Gasteiger partial charge in [0.1, 0.15) is 11.4 Å². The Labute approximate surface area is 171 Å². The molecule has 1 amide bonds. The molecule has 1 aliphatic rings. The van der Waals surface area contributed by atoms with Crippen LogP contribution in [0.1, 0.15) is 28.9 Å². The molecule has 5 heteroatoms. The number of nitrogens with one attached hydrogen (secondary N) is 1. The lowest BCUT2D eigenvalue weighted by Gasteiger charge is -2.29. The van der Waals surface area contributed by atoms with E-state index in [9.17, 15) is 9.90 Å². The Morgan fingerprint density at radius 1 is 1.10 bits per heavy atom. The van der Waals surface area contributed by atoms with Crippen molar-refractivity contribution in [3.8, 4) is 5.75 Å². The zero-order valence-corrected chi connectivity index (χ0v) is 16.6. The van der Waals surface area contributed by atoms with E-state index in [0.717, 1.165) is 42.0 Å². The Morgan fingerprint density at radius 3 is 2.72 bits per heavy atom. The summed E-state index contributed by atoms with van der Waals surface area (Å²) in [7, 11) is 0. The maximum atomic E-state index is 12.9. The number of amides is 1. The predicted octanol–water partition coefficient (Wildman–Crippen LogP) is 4.23. The maximum absolute atomic E-state index is 12.9. The van der Waals surface area contributed by atoms with Crippen LogP contribution in [-0.4, -0.2) is 22.5 Å². The number of aromatic nitrogens is 1. The maximum Gasteiger partial charge on any atom is 0.231 e. The second-order valence-electron chi connectivity index (χ2n) is 7.42. The number of aromatic hydroxyl groups is 1. The second kappa shape index (κ2) is 8.35. The summed E-state index contributed by atoms with van der Waals surface area (Å²) >= 11 is 0. The molecule has 29 heavy (non-hydrogen) atoms. The van der Waals surface area contributed by atoms with Crippen molar-refractivity contribution in [2.45, 2.75) is 32.7 Å². The van der Waals surface area contributed by atoms with Gasteiger partial charge >= 0.3 is 0 Å². The van der Waals surface area contributed by atoms with E-state index < -0.39 is 0 Å². The molecule has 2 heterocycles. The van der Waals surface area contributed by atoms with E-state index in [4.69, 9.17) is 0 Å². The predicted molar refractivity (Wildman–Crippen MR) is 115 cm³/mol. The highest BCUT2D eigenvalue weighted by Gasteiger charge is 2.22. The molecule has 0 aliphatic carbocycles. The topological polar surface area (TPSA) is 65.5 Å². The summed E-state index contributed by atoms with van der Waals surface area (Å²) in [6.45, 7) is 3.12. The fraction of sp³-hybridized carbons (Fsp3) is 0.250. The van der Waals surface area contributed by atoms with Gasteiger partial charge in [-0.1, -0.05) is 30.3 Å². The monoisotopic (exact) mass is 387 g/mol. The van der Waals surface area contributed by atoms with Crippen LogP contribution in [0, 0.1) is 6.92 Å². The van der Waals surface area contributed by atoms with Crippen LogP contribution in [0.15, 0.2) is 60.7 Å². The first-order valence-corrected chi connectivity index (χ1v) is 9.97. The van der Waals surface area contributed by atoms with Gasteiger partial charge in [0, 0.05) is 23.6 Å². The van der Waals surface area contributed by atoms with Gasteiger partial charge in [0.2, 0.25) is 5.91 Å². The van der Waals surface area contributed by atoms with Crippen molar-refractivity contribution in [1.29, 1.82) is 0 Å². The van der Waals surface area contributed by atoms with Crippen LogP contribution in [0.2, 0.25) is 0 Å². The van der Waals surface area contributed by atoms with E-state index in [2.05, 4.69) is 16.4 Å². The van der Waals surface area contributed by atoms with E-state index in [1.165, 1.54) is 5.56 Å². The fourth-order valence-electron chi connectivity index (χ4n) is 3.72. The average Bonchev–Trinajstić information content (AvgIpc) is 2.75. The van der Waals surface area contributed by atoms with Gasteiger partial charge in [-0.2, -0.15) is 0 Å².